The van der Waals surface area contributed by atoms with E-state index in [2.05, 4.69) is 0 Å². The lowest BCUT2D eigenvalue weighted by atomic mass is 10.1. The topological polar surface area (TPSA) is 72.6 Å². The number of rotatable bonds is 4. The van der Waals surface area contributed by atoms with E-state index in [9.17, 15) is 19.6 Å². The van der Waals surface area contributed by atoms with E-state index in [1.807, 2.05) is 0 Å². The van der Waals surface area contributed by atoms with Crippen molar-refractivity contribution in [2.75, 3.05) is 0 Å². The summed E-state index contributed by atoms with van der Waals surface area (Å²) in [6, 6.07) is 9.61. The summed E-state index contributed by atoms with van der Waals surface area (Å²) in [6.45, 7) is 1.43. The van der Waals surface area contributed by atoms with Gasteiger partial charge in [-0.2, -0.15) is 0 Å². The maximum absolute atomic E-state index is 13.6. The molecule has 2 aromatic carbocycles. The van der Waals surface area contributed by atoms with Crippen molar-refractivity contribution >= 4 is 5.69 Å². The monoisotopic (exact) mass is 277 g/mol. The van der Waals surface area contributed by atoms with Crippen LogP contribution in [0, 0.1) is 15.9 Å². The maximum Gasteiger partial charge on any atom is 0.269 e. The Hall–Kier alpha value is -2.47. The predicted molar refractivity (Wildman–Crippen MR) is 70.2 cm³/mol. The molecule has 104 valence electrons. The molecular formula is C14H12FNO4. The molecule has 0 saturated heterocycles. The van der Waals surface area contributed by atoms with E-state index in [0.717, 1.165) is 0 Å². The van der Waals surface area contributed by atoms with Crippen LogP contribution in [-0.4, -0.2) is 10.0 Å². The summed E-state index contributed by atoms with van der Waals surface area (Å²) in [4.78, 5) is 10.0. The molecule has 0 saturated carbocycles. The quantitative estimate of drug-likeness (QED) is 0.684. The van der Waals surface area contributed by atoms with Crippen LogP contribution >= 0.6 is 0 Å². The van der Waals surface area contributed by atoms with Gasteiger partial charge in [0, 0.05) is 12.1 Å². The van der Waals surface area contributed by atoms with Gasteiger partial charge in [0.15, 0.2) is 0 Å². The molecule has 20 heavy (non-hydrogen) atoms. The number of halogens is 1. The van der Waals surface area contributed by atoms with Crippen LogP contribution < -0.4 is 4.74 Å². The Balaban J connectivity index is 2.30. The van der Waals surface area contributed by atoms with E-state index in [1.165, 1.54) is 49.4 Å². The predicted octanol–water partition coefficient (Wildman–Crippen LogP) is 3.58. The largest absolute Gasteiger partial charge is 0.457 e. The van der Waals surface area contributed by atoms with E-state index in [1.54, 1.807) is 0 Å². The Morgan fingerprint density at radius 1 is 1.25 bits per heavy atom. The number of nitrogens with zero attached hydrogens (tertiary/aromatic N) is 1. The van der Waals surface area contributed by atoms with Gasteiger partial charge < -0.3 is 9.84 Å². The third kappa shape index (κ3) is 2.92. The lowest BCUT2D eigenvalue weighted by Crippen LogP contribution is -1.99. The number of aliphatic hydroxyl groups is 1. The van der Waals surface area contributed by atoms with Crippen molar-refractivity contribution in [3.8, 4) is 11.5 Å². The van der Waals surface area contributed by atoms with Gasteiger partial charge in [-0.15, -0.1) is 0 Å². The summed E-state index contributed by atoms with van der Waals surface area (Å²) in [5.74, 6) is -0.0728. The van der Waals surface area contributed by atoms with Crippen LogP contribution in [0.15, 0.2) is 42.5 Å². The van der Waals surface area contributed by atoms with Gasteiger partial charge >= 0.3 is 0 Å². The van der Waals surface area contributed by atoms with Gasteiger partial charge in [-0.25, -0.2) is 4.39 Å². The van der Waals surface area contributed by atoms with Gasteiger partial charge in [-0.3, -0.25) is 10.1 Å². The molecule has 2 rings (SSSR count). The first kappa shape index (κ1) is 14.0. The molecule has 1 N–H and O–H groups in total. The number of benzene rings is 2. The fourth-order valence-corrected chi connectivity index (χ4v) is 1.77. The highest BCUT2D eigenvalue weighted by molar-refractivity contribution is 5.42. The van der Waals surface area contributed by atoms with Crippen LogP contribution in [0.1, 0.15) is 18.6 Å². The molecule has 6 heteroatoms. The van der Waals surface area contributed by atoms with Crippen molar-refractivity contribution in [1.29, 1.82) is 0 Å². The molecule has 0 bridgehead atoms. The number of hydrogen-bond donors (Lipinski definition) is 1. The van der Waals surface area contributed by atoms with Gasteiger partial charge in [0.25, 0.3) is 5.69 Å². The second-order valence-electron chi connectivity index (χ2n) is 4.18. The standard InChI is InChI=1S/C14H12FNO4/c1-9(17)14-12(15)3-2-4-13(14)20-11-7-5-10(6-8-11)16(18)19/h2-9,17H,1H3/t9-/m0/s1. The van der Waals surface area contributed by atoms with E-state index in [-0.39, 0.29) is 17.0 Å². The van der Waals surface area contributed by atoms with Crippen molar-refractivity contribution in [1.82, 2.24) is 0 Å². The van der Waals surface area contributed by atoms with Crippen LogP contribution in [0.25, 0.3) is 0 Å². The minimum Gasteiger partial charge on any atom is -0.457 e. The fourth-order valence-electron chi connectivity index (χ4n) is 1.77. The molecule has 0 heterocycles. The number of hydrogen-bond acceptors (Lipinski definition) is 4. The first-order valence-electron chi connectivity index (χ1n) is 5.88. The van der Waals surface area contributed by atoms with Crippen LogP contribution in [0.4, 0.5) is 10.1 Å². The van der Waals surface area contributed by atoms with E-state index in [4.69, 9.17) is 4.74 Å². The van der Waals surface area contributed by atoms with Crippen LogP contribution in [0.3, 0.4) is 0 Å². The Labute approximate surface area is 114 Å². The Morgan fingerprint density at radius 2 is 1.90 bits per heavy atom. The molecule has 5 nitrogen and oxygen atoms in total. The average Bonchev–Trinajstić information content (AvgIpc) is 2.39. The zero-order valence-electron chi connectivity index (χ0n) is 10.6. The number of nitro groups is 1. The highest BCUT2D eigenvalue weighted by Gasteiger charge is 2.15. The highest BCUT2D eigenvalue weighted by Crippen LogP contribution is 2.32. The molecular weight excluding hydrogens is 265 g/mol. The third-order valence-corrected chi connectivity index (χ3v) is 2.71. The summed E-state index contributed by atoms with van der Waals surface area (Å²) < 4.78 is 19.1. The summed E-state index contributed by atoms with van der Waals surface area (Å²) in [7, 11) is 0. The highest BCUT2D eigenvalue weighted by atomic mass is 19.1. The summed E-state index contributed by atoms with van der Waals surface area (Å²) >= 11 is 0. The Morgan fingerprint density at radius 3 is 2.45 bits per heavy atom. The molecule has 1 atom stereocenters. The third-order valence-electron chi connectivity index (χ3n) is 2.71. The molecule has 0 unspecified atom stereocenters. The number of ether oxygens (including phenoxy) is 1. The number of aliphatic hydroxyl groups excluding tert-OH is 1. The first-order valence-corrected chi connectivity index (χ1v) is 5.88. The zero-order valence-corrected chi connectivity index (χ0v) is 10.6. The normalized spacial score (nSPS) is 11.9. The van der Waals surface area contributed by atoms with Crippen LogP contribution in [0.2, 0.25) is 0 Å². The molecule has 0 radical (unpaired) electrons. The second kappa shape index (κ2) is 5.66. The van der Waals surface area contributed by atoms with Gasteiger partial charge in [0.2, 0.25) is 0 Å². The summed E-state index contributed by atoms with van der Waals surface area (Å²) in [6.07, 6.45) is -1.02. The van der Waals surface area contributed by atoms with Crippen molar-refractivity contribution in [3.63, 3.8) is 0 Å². The minimum absolute atomic E-state index is 0.0471. The van der Waals surface area contributed by atoms with Crippen LogP contribution in [0.5, 0.6) is 11.5 Å². The molecule has 0 fully saturated rings. The first-order chi connectivity index (χ1) is 9.49. The van der Waals surface area contributed by atoms with Crippen molar-refractivity contribution in [2.24, 2.45) is 0 Å². The zero-order chi connectivity index (χ0) is 14.7. The molecule has 0 aliphatic heterocycles. The van der Waals surface area contributed by atoms with E-state index in [0.29, 0.717) is 5.75 Å². The number of non-ortho nitro benzene ring substituents is 1. The lowest BCUT2D eigenvalue weighted by Gasteiger charge is -2.13. The minimum atomic E-state index is -1.02. The average molecular weight is 277 g/mol. The van der Waals surface area contributed by atoms with Crippen LogP contribution in [-0.2, 0) is 0 Å². The van der Waals surface area contributed by atoms with E-state index >= 15 is 0 Å². The van der Waals surface area contributed by atoms with Gasteiger partial charge in [0.1, 0.15) is 17.3 Å². The Bertz CT molecular complexity index is 626. The Kier molecular flexibility index (Phi) is 3.95. The fraction of sp³-hybridized carbons (Fsp3) is 0.143. The molecule has 0 aliphatic rings. The lowest BCUT2D eigenvalue weighted by molar-refractivity contribution is -0.384. The maximum atomic E-state index is 13.6. The second-order valence-corrected chi connectivity index (χ2v) is 4.18. The van der Waals surface area contributed by atoms with E-state index < -0.39 is 16.8 Å². The van der Waals surface area contributed by atoms with Crippen molar-refractivity contribution in [3.05, 3.63) is 64.0 Å². The van der Waals surface area contributed by atoms with Gasteiger partial charge in [-0.05, 0) is 31.2 Å². The number of nitro benzene ring substituents is 1. The molecule has 0 spiro atoms. The molecule has 2 aromatic rings. The SMILES string of the molecule is C[C@H](O)c1c(F)cccc1Oc1ccc([N+](=O)[O-])cc1. The summed E-state index contributed by atoms with van der Waals surface area (Å²) in [5, 5.41) is 20.1. The van der Waals surface area contributed by atoms with Gasteiger partial charge in [-0.1, -0.05) is 6.07 Å². The van der Waals surface area contributed by atoms with Crippen molar-refractivity contribution in [2.45, 2.75) is 13.0 Å². The molecule has 0 amide bonds. The molecule has 0 aliphatic carbocycles. The molecule has 0 aromatic heterocycles. The summed E-state index contributed by atoms with van der Waals surface area (Å²) in [5.41, 5.74) is -0.0156. The van der Waals surface area contributed by atoms with Crippen molar-refractivity contribution < 1.29 is 19.2 Å². The van der Waals surface area contributed by atoms with Gasteiger partial charge in [0.05, 0.1) is 16.6 Å². The smallest absolute Gasteiger partial charge is 0.269 e.